The average molecular weight is 410 g/mol. The van der Waals surface area contributed by atoms with Gasteiger partial charge in [-0.3, -0.25) is 4.72 Å². The SMILES string of the molecule is NCc1ccc(S(=O)(=O)Nc2ccc(Cl)cc2Cl)c(Br)c1. The zero-order valence-corrected chi connectivity index (χ0v) is 14.5. The van der Waals surface area contributed by atoms with Crippen molar-refractivity contribution < 1.29 is 8.42 Å². The van der Waals surface area contributed by atoms with Crippen LogP contribution in [0.3, 0.4) is 0 Å². The van der Waals surface area contributed by atoms with Gasteiger partial charge in [0, 0.05) is 16.0 Å². The summed E-state index contributed by atoms with van der Waals surface area (Å²) in [6.45, 7) is 0.329. The molecular formula is C13H11BrCl2N2O2S. The average Bonchev–Trinajstić information content (AvgIpc) is 2.41. The van der Waals surface area contributed by atoms with Crippen LogP contribution in [-0.2, 0) is 16.6 Å². The number of nitrogens with one attached hydrogen (secondary N) is 1. The molecule has 112 valence electrons. The number of anilines is 1. The van der Waals surface area contributed by atoms with E-state index in [1.165, 1.54) is 18.2 Å². The lowest BCUT2D eigenvalue weighted by atomic mass is 10.2. The van der Waals surface area contributed by atoms with Crippen LogP contribution >= 0.6 is 39.1 Å². The van der Waals surface area contributed by atoms with Gasteiger partial charge in [-0.05, 0) is 51.8 Å². The molecule has 0 aliphatic rings. The number of benzene rings is 2. The summed E-state index contributed by atoms with van der Waals surface area (Å²) in [6.07, 6.45) is 0. The van der Waals surface area contributed by atoms with E-state index in [1.807, 2.05) is 0 Å². The quantitative estimate of drug-likeness (QED) is 0.800. The summed E-state index contributed by atoms with van der Waals surface area (Å²) in [4.78, 5) is 0.103. The Balaban J connectivity index is 2.38. The molecule has 0 spiro atoms. The maximum atomic E-state index is 12.4. The van der Waals surface area contributed by atoms with Crippen LogP contribution < -0.4 is 10.5 Å². The third-order valence-corrected chi connectivity index (χ3v) is 5.59. The number of nitrogens with two attached hydrogens (primary N) is 1. The molecular weight excluding hydrogens is 399 g/mol. The molecule has 2 rings (SSSR count). The largest absolute Gasteiger partial charge is 0.326 e. The number of sulfonamides is 1. The van der Waals surface area contributed by atoms with E-state index in [9.17, 15) is 8.42 Å². The van der Waals surface area contributed by atoms with E-state index in [2.05, 4.69) is 20.7 Å². The van der Waals surface area contributed by atoms with E-state index < -0.39 is 10.0 Å². The molecule has 8 heteroatoms. The van der Waals surface area contributed by atoms with Gasteiger partial charge in [0.15, 0.2) is 0 Å². The van der Waals surface area contributed by atoms with Gasteiger partial charge in [-0.25, -0.2) is 8.42 Å². The zero-order valence-electron chi connectivity index (χ0n) is 10.6. The molecule has 0 aliphatic carbocycles. The predicted octanol–water partition coefficient (Wildman–Crippen LogP) is 4.02. The van der Waals surface area contributed by atoms with Crippen LogP contribution in [0.1, 0.15) is 5.56 Å². The van der Waals surface area contributed by atoms with Crippen LogP contribution in [0.25, 0.3) is 0 Å². The highest BCUT2D eigenvalue weighted by Crippen LogP contribution is 2.30. The van der Waals surface area contributed by atoms with Gasteiger partial charge >= 0.3 is 0 Å². The summed E-state index contributed by atoms with van der Waals surface area (Å²) in [6, 6.07) is 9.33. The highest BCUT2D eigenvalue weighted by molar-refractivity contribution is 9.10. The number of hydrogen-bond acceptors (Lipinski definition) is 3. The zero-order chi connectivity index (χ0) is 15.6. The second-order valence-corrected chi connectivity index (χ2v) is 7.55. The Bertz CT molecular complexity index is 782. The monoisotopic (exact) mass is 408 g/mol. The van der Waals surface area contributed by atoms with Gasteiger partial charge in [0.2, 0.25) is 0 Å². The van der Waals surface area contributed by atoms with Gasteiger partial charge in [-0.1, -0.05) is 29.3 Å². The van der Waals surface area contributed by atoms with E-state index in [0.717, 1.165) is 5.56 Å². The second kappa shape index (κ2) is 6.54. The maximum Gasteiger partial charge on any atom is 0.263 e. The summed E-state index contributed by atoms with van der Waals surface area (Å²) in [5.74, 6) is 0. The van der Waals surface area contributed by atoms with Crippen LogP contribution in [0.2, 0.25) is 10.0 Å². The first-order valence-electron chi connectivity index (χ1n) is 5.80. The standard InChI is InChI=1S/C13H11BrCl2N2O2S/c14-10-5-8(7-17)1-4-13(10)21(19,20)18-12-3-2-9(15)6-11(12)16/h1-6,18H,7,17H2. The first kappa shape index (κ1) is 16.6. The van der Waals surface area contributed by atoms with Crippen molar-refractivity contribution in [2.24, 2.45) is 5.73 Å². The van der Waals surface area contributed by atoms with Crippen LogP contribution in [-0.4, -0.2) is 8.42 Å². The van der Waals surface area contributed by atoms with E-state index in [-0.39, 0.29) is 15.6 Å². The van der Waals surface area contributed by atoms with Crippen LogP contribution in [0.15, 0.2) is 45.8 Å². The van der Waals surface area contributed by atoms with Crippen LogP contribution in [0.4, 0.5) is 5.69 Å². The smallest absolute Gasteiger partial charge is 0.263 e. The van der Waals surface area contributed by atoms with Crippen molar-refractivity contribution in [3.05, 3.63) is 56.5 Å². The molecule has 0 unspecified atom stereocenters. The van der Waals surface area contributed by atoms with Gasteiger partial charge in [-0.2, -0.15) is 0 Å². The fourth-order valence-electron chi connectivity index (χ4n) is 1.66. The Morgan fingerprint density at radius 1 is 1.14 bits per heavy atom. The molecule has 0 saturated heterocycles. The summed E-state index contributed by atoms with van der Waals surface area (Å²) in [7, 11) is -3.77. The molecule has 0 amide bonds. The summed E-state index contributed by atoms with van der Waals surface area (Å²) in [5, 5.41) is 0.650. The van der Waals surface area contributed by atoms with Crippen molar-refractivity contribution in [3.63, 3.8) is 0 Å². The third-order valence-electron chi connectivity index (χ3n) is 2.70. The van der Waals surface area contributed by atoms with Crippen LogP contribution in [0.5, 0.6) is 0 Å². The van der Waals surface area contributed by atoms with Crippen molar-refractivity contribution in [2.45, 2.75) is 11.4 Å². The molecule has 0 aromatic heterocycles. The van der Waals surface area contributed by atoms with Gasteiger partial charge in [-0.15, -0.1) is 0 Å². The minimum atomic E-state index is -3.77. The van der Waals surface area contributed by atoms with Crippen molar-refractivity contribution in [1.29, 1.82) is 0 Å². The molecule has 4 nitrogen and oxygen atoms in total. The predicted molar refractivity (Wildman–Crippen MR) is 89.3 cm³/mol. The number of rotatable bonds is 4. The Morgan fingerprint density at radius 2 is 1.86 bits per heavy atom. The minimum Gasteiger partial charge on any atom is -0.326 e. The fourth-order valence-corrected chi connectivity index (χ4v) is 4.38. The van der Waals surface area contributed by atoms with Gasteiger partial charge in [0.05, 0.1) is 10.7 Å². The van der Waals surface area contributed by atoms with Crippen molar-refractivity contribution in [2.75, 3.05) is 4.72 Å². The topological polar surface area (TPSA) is 72.2 Å². The van der Waals surface area contributed by atoms with Gasteiger partial charge < -0.3 is 5.73 Å². The Labute approximate surface area is 141 Å². The molecule has 3 N–H and O–H groups in total. The molecule has 0 heterocycles. The lowest BCUT2D eigenvalue weighted by molar-refractivity contribution is 0.600. The second-order valence-electron chi connectivity index (χ2n) is 4.20. The van der Waals surface area contributed by atoms with Gasteiger partial charge in [0.1, 0.15) is 4.90 Å². The molecule has 2 aromatic rings. The van der Waals surface area contributed by atoms with Crippen molar-refractivity contribution >= 4 is 54.8 Å². The highest BCUT2D eigenvalue weighted by atomic mass is 79.9. The van der Waals surface area contributed by atoms with E-state index in [4.69, 9.17) is 28.9 Å². The number of halogens is 3. The molecule has 2 aromatic carbocycles. The third kappa shape index (κ3) is 3.90. The van der Waals surface area contributed by atoms with E-state index in [1.54, 1.807) is 18.2 Å². The summed E-state index contributed by atoms with van der Waals surface area (Å²) >= 11 is 15.0. The molecule has 0 saturated carbocycles. The molecule has 0 atom stereocenters. The molecule has 0 fully saturated rings. The Morgan fingerprint density at radius 3 is 2.43 bits per heavy atom. The molecule has 0 radical (unpaired) electrons. The van der Waals surface area contributed by atoms with Crippen LogP contribution in [0, 0.1) is 0 Å². The summed E-state index contributed by atoms with van der Waals surface area (Å²) in [5.41, 5.74) is 6.60. The Hall–Kier alpha value is -0.790. The van der Waals surface area contributed by atoms with Gasteiger partial charge in [0.25, 0.3) is 10.0 Å². The van der Waals surface area contributed by atoms with E-state index >= 15 is 0 Å². The first-order chi connectivity index (χ1) is 9.83. The minimum absolute atomic E-state index is 0.103. The summed E-state index contributed by atoms with van der Waals surface area (Å²) < 4.78 is 27.7. The molecule has 21 heavy (non-hydrogen) atoms. The normalized spacial score (nSPS) is 11.4. The molecule has 0 aliphatic heterocycles. The lowest BCUT2D eigenvalue weighted by Gasteiger charge is -2.12. The highest BCUT2D eigenvalue weighted by Gasteiger charge is 2.19. The van der Waals surface area contributed by atoms with Crippen molar-refractivity contribution in [1.82, 2.24) is 0 Å². The van der Waals surface area contributed by atoms with E-state index in [0.29, 0.717) is 16.0 Å². The number of hydrogen-bond donors (Lipinski definition) is 2. The maximum absolute atomic E-state index is 12.4. The lowest BCUT2D eigenvalue weighted by Crippen LogP contribution is -2.14. The first-order valence-corrected chi connectivity index (χ1v) is 8.83. The van der Waals surface area contributed by atoms with Crippen molar-refractivity contribution in [3.8, 4) is 0 Å². The molecule has 0 bridgehead atoms. The fraction of sp³-hybridized carbons (Fsp3) is 0.0769. The Kier molecular flexibility index (Phi) is 5.16.